The molecule has 1 heterocycles. The zero-order valence-electron chi connectivity index (χ0n) is 11.6. The van der Waals surface area contributed by atoms with Gasteiger partial charge in [-0.05, 0) is 24.1 Å². The van der Waals surface area contributed by atoms with E-state index < -0.39 is 12.0 Å². The van der Waals surface area contributed by atoms with Crippen LogP contribution >= 0.6 is 11.6 Å². The number of carbonyl (C=O) groups is 1. The lowest BCUT2D eigenvalue weighted by molar-refractivity contribution is -0.139. The van der Waals surface area contributed by atoms with E-state index in [9.17, 15) is 9.90 Å². The third-order valence-electron chi connectivity index (χ3n) is 3.51. The molecule has 5 heteroatoms. The summed E-state index contributed by atoms with van der Waals surface area (Å²) in [4.78, 5) is 11.2. The number of carboxylic acids is 1. The van der Waals surface area contributed by atoms with Crippen LogP contribution in [0.3, 0.4) is 0 Å². The van der Waals surface area contributed by atoms with Crippen LogP contribution in [0, 0.1) is 0 Å². The summed E-state index contributed by atoms with van der Waals surface area (Å²) in [6, 6.07) is 3.24. The molecule has 0 amide bonds. The van der Waals surface area contributed by atoms with Gasteiger partial charge in [-0.3, -0.25) is 4.79 Å². The molecule has 2 N–H and O–H groups in total. The third kappa shape index (κ3) is 3.64. The van der Waals surface area contributed by atoms with Gasteiger partial charge in [-0.1, -0.05) is 31.4 Å². The first-order valence-electron chi connectivity index (χ1n) is 7.02. The Morgan fingerprint density at radius 2 is 2.35 bits per heavy atom. The summed E-state index contributed by atoms with van der Waals surface area (Å²) in [6.45, 7) is 3.18. The number of ether oxygens (including phenoxy) is 1. The molecule has 1 unspecified atom stereocenters. The Morgan fingerprint density at radius 3 is 3.05 bits per heavy atom. The molecular formula is C15H20ClNO3. The molecule has 1 atom stereocenters. The van der Waals surface area contributed by atoms with E-state index in [1.54, 1.807) is 0 Å². The summed E-state index contributed by atoms with van der Waals surface area (Å²) in [5.41, 5.74) is 2.04. The second-order valence-electron chi connectivity index (χ2n) is 5.07. The molecule has 1 aliphatic rings. The van der Waals surface area contributed by atoms with E-state index >= 15 is 0 Å². The van der Waals surface area contributed by atoms with Gasteiger partial charge in [-0.25, -0.2) is 0 Å². The second-order valence-corrected chi connectivity index (χ2v) is 5.50. The van der Waals surface area contributed by atoms with E-state index in [0.29, 0.717) is 24.6 Å². The van der Waals surface area contributed by atoms with Crippen molar-refractivity contribution < 1.29 is 14.6 Å². The summed E-state index contributed by atoms with van der Waals surface area (Å²) < 4.78 is 5.61. The van der Waals surface area contributed by atoms with Crippen molar-refractivity contribution in [3.63, 3.8) is 0 Å². The summed E-state index contributed by atoms with van der Waals surface area (Å²) in [5.74, 6) is 0.0552. The van der Waals surface area contributed by atoms with Crippen molar-refractivity contribution in [2.75, 3.05) is 6.61 Å². The highest BCUT2D eigenvalue weighted by Gasteiger charge is 2.20. The highest BCUT2D eigenvalue weighted by atomic mass is 35.5. The molecule has 0 bridgehead atoms. The molecule has 0 saturated carbocycles. The predicted octanol–water partition coefficient (Wildman–Crippen LogP) is 3.01. The van der Waals surface area contributed by atoms with Crippen molar-refractivity contribution in [1.82, 2.24) is 5.32 Å². The first-order valence-corrected chi connectivity index (χ1v) is 7.40. The molecule has 0 fully saturated rings. The standard InChI is InChI=1S/C15H20ClNO3/c1-2-3-4-13(15(18)19)17-9-11-8-12(16)7-10-5-6-20-14(10)11/h7-8,13,17H,2-6,9H2,1H3,(H,18,19). The van der Waals surface area contributed by atoms with Crippen LogP contribution in [0.15, 0.2) is 12.1 Å². The first kappa shape index (κ1) is 15.1. The Labute approximate surface area is 124 Å². The van der Waals surface area contributed by atoms with Gasteiger partial charge < -0.3 is 15.2 Å². The molecule has 1 aromatic carbocycles. The van der Waals surface area contributed by atoms with Crippen molar-refractivity contribution in [3.8, 4) is 5.75 Å². The Hall–Kier alpha value is -1.26. The van der Waals surface area contributed by atoms with Crippen LogP contribution in [0.5, 0.6) is 5.75 Å². The Bertz CT molecular complexity index is 490. The smallest absolute Gasteiger partial charge is 0.320 e. The summed E-state index contributed by atoms with van der Waals surface area (Å²) >= 11 is 6.09. The zero-order chi connectivity index (χ0) is 14.5. The van der Waals surface area contributed by atoms with E-state index in [0.717, 1.165) is 36.1 Å². The molecule has 0 aromatic heterocycles. The average molecular weight is 298 g/mol. The van der Waals surface area contributed by atoms with Crippen LogP contribution in [0.4, 0.5) is 0 Å². The largest absolute Gasteiger partial charge is 0.493 e. The van der Waals surface area contributed by atoms with Crippen molar-refractivity contribution >= 4 is 17.6 Å². The van der Waals surface area contributed by atoms with Gasteiger partial charge in [0.15, 0.2) is 0 Å². The molecule has 20 heavy (non-hydrogen) atoms. The lowest BCUT2D eigenvalue weighted by atomic mass is 10.1. The highest BCUT2D eigenvalue weighted by molar-refractivity contribution is 6.30. The summed E-state index contributed by atoms with van der Waals surface area (Å²) in [7, 11) is 0. The normalized spacial score (nSPS) is 14.7. The van der Waals surface area contributed by atoms with E-state index in [1.165, 1.54) is 0 Å². The number of fused-ring (bicyclic) bond motifs is 1. The maximum absolute atomic E-state index is 11.2. The molecule has 4 nitrogen and oxygen atoms in total. The minimum Gasteiger partial charge on any atom is -0.493 e. The van der Waals surface area contributed by atoms with E-state index in [2.05, 4.69) is 12.2 Å². The fourth-order valence-electron chi connectivity index (χ4n) is 2.43. The van der Waals surface area contributed by atoms with E-state index in [-0.39, 0.29) is 0 Å². The third-order valence-corrected chi connectivity index (χ3v) is 3.73. The number of hydrogen-bond donors (Lipinski definition) is 2. The molecule has 0 radical (unpaired) electrons. The molecule has 0 spiro atoms. The Morgan fingerprint density at radius 1 is 1.55 bits per heavy atom. The average Bonchev–Trinajstić information content (AvgIpc) is 2.86. The lowest BCUT2D eigenvalue weighted by Gasteiger charge is -2.15. The fourth-order valence-corrected chi connectivity index (χ4v) is 2.69. The van der Waals surface area contributed by atoms with Gasteiger partial charge in [0.2, 0.25) is 0 Å². The number of carboxylic acid groups (broad SMARTS) is 1. The van der Waals surface area contributed by atoms with Gasteiger partial charge in [-0.2, -0.15) is 0 Å². The van der Waals surface area contributed by atoms with Gasteiger partial charge in [0.05, 0.1) is 6.61 Å². The summed E-state index contributed by atoms with van der Waals surface area (Å²) in [5, 5.41) is 13.0. The minimum absolute atomic E-state index is 0.462. The van der Waals surface area contributed by atoms with Crippen LogP contribution in [0.2, 0.25) is 5.02 Å². The molecule has 110 valence electrons. The van der Waals surface area contributed by atoms with Crippen LogP contribution in [0.25, 0.3) is 0 Å². The molecule has 0 saturated heterocycles. The number of hydrogen-bond acceptors (Lipinski definition) is 3. The van der Waals surface area contributed by atoms with Crippen molar-refractivity contribution in [3.05, 3.63) is 28.3 Å². The first-order chi connectivity index (χ1) is 9.61. The van der Waals surface area contributed by atoms with Gasteiger partial charge in [0, 0.05) is 23.6 Å². The van der Waals surface area contributed by atoms with Crippen molar-refractivity contribution in [2.45, 2.75) is 45.2 Å². The molecular weight excluding hydrogens is 278 g/mol. The quantitative estimate of drug-likeness (QED) is 0.812. The molecule has 2 rings (SSSR count). The van der Waals surface area contributed by atoms with Crippen LogP contribution < -0.4 is 10.1 Å². The molecule has 0 aliphatic carbocycles. The number of benzene rings is 1. The van der Waals surface area contributed by atoms with Crippen LogP contribution in [0.1, 0.15) is 37.3 Å². The number of rotatable bonds is 7. The van der Waals surface area contributed by atoms with Gasteiger partial charge in [-0.15, -0.1) is 0 Å². The SMILES string of the molecule is CCCCC(NCc1cc(Cl)cc2c1OCC2)C(=O)O. The number of aliphatic carboxylic acids is 1. The van der Waals surface area contributed by atoms with Gasteiger partial charge in [0.25, 0.3) is 0 Å². The highest BCUT2D eigenvalue weighted by Crippen LogP contribution is 2.32. The molecule has 1 aliphatic heterocycles. The minimum atomic E-state index is -0.807. The fraction of sp³-hybridized carbons (Fsp3) is 0.533. The predicted molar refractivity (Wildman–Crippen MR) is 78.4 cm³/mol. The van der Waals surface area contributed by atoms with Crippen LogP contribution in [-0.2, 0) is 17.8 Å². The van der Waals surface area contributed by atoms with Crippen LogP contribution in [-0.4, -0.2) is 23.7 Å². The topological polar surface area (TPSA) is 58.6 Å². The van der Waals surface area contributed by atoms with Gasteiger partial charge >= 0.3 is 5.97 Å². The maximum atomic E-state index is 11.2. The Kier molecular flexibility index (Phi) is 5.26. The number of halogens is 1. The lowest BCUT2D eigenvalue weighted by Crippen LogP contribution is -2.36. The molecule has 1 aromatic rings. The van der Waals surface area contributed by atoms with Crippen molar-refractivity contribution in [1.29, 1.82) is 0 Å². The van der Waals surface area contributed by atoms with E-state index in [4.69, 9.17) is 16.3 Å². The van der Waals surface area contributed by atoms with E-state index in [1.807, 2.05) is 12.1 Å². The Balaban J connectivity index is 2.04. The second kappa shape index (κ2) is 6.95. The number of nitrogens with one attached hydrogen (secondary N) is 1. The van der Waals surface area contributed by atoms with Crippen molar-refractivity contribution in [2.24, 2.45) is 0 Å². The number of unbranched alkanes of at least 4 members (excludes halogenated alkanes) is 1. The summed E-state index contributed by atoms with van der Waals surface area (Å²) in [6.07, 6.45) is 3.38. The maximum Gasteiger partial charge on any atom is 0.320 e. The monoisotopic (exact) mass is 297 g/mol. The van der Waals surface area contributed by atoms with Gasteiger partial charge in [0.1, 0.15) is 11.8 Å². The zero-order valence-corrected chi connectivity index (χ0v) is 12.4.